The molecule has 0 spiro atoms. The largest absolute Gasteiger partial charge is 0.502 e. The average molecular weight is 765 g/mol. The third-order valence-electron chi connectivity index (χ3n) is 9.35. The molecular weight excluding hydrogens is 681 g/mol. The topological polar surface area (TPSA) is 90.2 Å². The first-order chi connectivity index (χ1) is 24.0. The van der Waals surface area contributed by atoms with Gasteiger partial charge in [-0.15, -0.1) is 0 Å². The molecule has 0 aromatic heterocycles. The number of ether oxygens (including phenoxy) is 1. The average Bonchev–Trinajstić information content (AvgIpc) is 3.10. The van der Waals surface area contributed by atoms with Gasteiger partial charge in [0.2, 0.25) is 0 Å². The summed E-state index contributed by atoms with van der Waals surface area (Å²) >= 11 is 14.6. The van der Waals surface area contributed by atoms with Crippen molar-refractivity contribution in [3.63, 3.8) is 0 Å². The van der Waals surface area contributed by atoms with Gasteiger partial charge in [-0.05, 0) is 55.9 Å². The Morgan fingerprint density at radius 3 is 0.980 bits per heavy atom. The van der Waals surface area contributed by atoms with Gasteiger partial charge in [0.1, 0.15) is 12.7 Å². The second-order valence-electron chi connectivity index (χ2n) is 14.6. The van der Waals surface area contributed by atoms with E-state index in [9.17, 15) is 5.11 Å². The SMILES string of the molecule is CCCCCCCCCCC(C)C(=S)OCC(O)CO.CCCCCCCCCCC(C)C(O)=S.CCCCCCCCCCC(C)C(O)=S. The fourth-order valence-electron chi connectivity index (χ4n) is 5.49. The molecule has 0 aliphatic carbocycles. The van der Waals surface area contributed by atoms with Crippen molar-refractivity contribution in [1.29, 1.82) is 0 Å². The molecule has 0 saturated carbocycles. The van der Waals surface area contributed by atoms with Gasteiger partial charge in [-0.25, -0.2) is 0 Å². The summed E-state index contributed by atoms with van der Waals surface area (Å²) in [6.45, 7) is 12.6. The van der Waals surface area contributed by atoms with Crippen molar-refractivity contribution < 1.29 is 25.2 Å². The van der Waals surface area contributed by atoms with Crippen LogP contribution in [-0.2, 0) is 4.74 Å². The third kappa shape index (κ3) is 43.8. The van der Waals surface area contributed by atoms with Gasteiger partial charge in [0.25, 0.3) is 0 Å². The Balaban J connectivity index is -0.000000674. The van der Waals surface area contributed by atoms with E-state index >= 15 is 0 Å². The summed E-state index contributed by atoms with van der Waals surface area (Å²) in [6.07, 6.45) is 34.2. The quantitative estimate of drug-likeness (QED) is 0.0388. The Morgan fingerprint density at radius 1 is 0.460 bits per heavy atom. The van der Waals surface area contributed by atoms with E-state index in [4.69, 9.17) is 56.7 Å². The molecule has 0 rings (SSSR count). The summed E-state index contributed by atoms with van der Waals surface area (Å²) in [5, 5.41) is 36.9. The van der Waals surface area contributed by atoms with E-state index in [1.165, 1.54) is 154 Å². The Morgan fingerprint density at radius 2 is 0.720 bits per heavy atom. The number of thiocarbonyl (C=S) groups is 3. The molecular formula is C42H84O5S3. The van der Waals surface area contributed by atoms with Crippen LogP contribution >= 0.6 is 36.7 Å². The molecule has 5 nitrogen and oxygen atoms in total. The van der Waals surface area contributed by atoms with Crippen molar-refractivity contribution in [3.8, 4) is 0 Å². The highest BCUT2D eigenvalue weighted by atomic mass is 32.1. The smallest absolute Gasteiger partial charge is 0.162 e. The van der Waals surface area contributed by atoms with Gasteiger partial charge in [-0.3, -0.25) is 0 Å². The predicted molar refractivity (Wildman–Crippen MR) is 231 cm³/mol. The zero-order valence-corrected chi connectivity index (χ0v) is 36.2. The van der Waals surface area contributed by atoms with Crippen LogP contribution in [0.15, 0.2) is 0 Å². The van der Waals surface area contributed by atoms with Crippen LogP contribution in [0.1, 0.15) is 215 Å². The molecule has 0 radical (unpaired) electrons. The molecule has 0 fully saturated rings. The highest BCUT2D eigenvalue weighted by Gasteiger charge is 2.12. The molecule has 0 bridgehead atoms. The van der Waals surface area contributed by atoms with Crippen LogP contribution in [0.25, 0.3) is 0 Å². The molecule has 0 aromatic rings. The van der Waals surface area contributed by atoms with Crippen molar-refractivity contribution in [2.45, 2.75) is 221 Å². The number of unbranched alkanes of at least 4 members (excludes halogenated alkanes) is 21. The lowest BCUT2D eigenvalue weighted by Crippen LogP contribution is -2.23. The summed E-state index contributed by atoms with van der Waals surface area (Å²) in [4.78, 5) is 0. The molecule has 0 heterocycles. The van der Waals surface area contributed by atoms with Crippen LogP contribution < -0.4 is 0 Å². The second-order valence-corrected chi connectivity index (χ2v) is 15.9. The van der Waals surface area contributed by atoms with Crippen molar-refractivity contribution in [2.24, 2.45) is 17.8 Å². The van der Waals surface area contributed by atoms with Crippen molar-refractivity contribution in [3.05, 3.63) is 0 Å². The van der Waals surface area contributed by atoms with Crippen molar-refractivity contribution in [2.75, 3.05) is 13.2 Å². The van der Waals surface area contributed by atoms with Gasteiger partial charge in [-0.1, -0.05) is 196 Å². The molecule has 0 aromatic carbocycles. The number of rotatable bonds is 33. The first kappa shape index (κ1) is 53.9. The lowest BCUT2D eigenvalue weighted by molar-refractivity contribution is 0.0486. The maximum absolute atomic E-state index is 9.19. The predicted octanol–water partition coefficient (Wildman–Crippen LogP) is 13.9. The first-order valence-corrected chi connectivity index (χ1v) is 22.1. The van der Waals surface area contributed by atoms with Gasteiger partial charge in [0, 0.05) is 17.8 Å². The fourth-order valence-corrected chi connectivity index (χ4v) is 5.91. The van der Waals surface area contributed by atoms with Crippen molar-refractivity contribution in [1.82, 2.24) is 0 Å². The first-order valence-electron chi connectivity index (χ1n) is 20.9. The fraction of sp³-hybridized carbons (Fsp3) is 0.929. The maximum atomic E-state index is 9.19. The lowest BCUT2D eigenvalue weighted by atomic mass is 10.0. The van der Waals surface area contributed by atoms with Gasteiger partial charge in [-0.2, -0.15) is 0 Å². The highest BCUT2D eigenvalue weighted by Crippen LogP contribution is 2.16. The molecule has 4 atom stereocenters. The number of hydrogen-bond acceptors (Lipinski definition) is 6. The zero-order chi connectivity index (χ0) is 38.3. The van der Waals surface area contributed by atoms with E-state index in [1.54, 1.807) is 0 Å². The molecule has 4 N–H and O–H groups in total. The van der Waals surface area contributed by atoms with Crippen LogP contribution in [0.4, 0.5) is 0 Å². The molecule has 50 heavy (non-hydrogen) atoms. The molecule has 4 unspecified atom stereocenters. The zero-order valence-electron chi connectivity index (χ0n) is 33.7. The second kappa shape index (κ2) is 43.0. The van der Waals surface area contributed by atoms with E-state index in [-0.39, 0.29) is 41.1 Å². The van der Waals surface area contributed by atoms with E-state index in [1.807, 2.05) is 13.8 Å². The van der Waals surface area contributed by atoms with E-state index in [0.717, 1.165) is 19.3 Å². The van der Waals surface area contributed by atoms with Crippen LogP contribution in [-0.4, -0.2) is 54.9 Å². The molecule has 0 aliphatic rings. The maximum Gasteiger partial charge on any atom is 0.162 e. The number of hydrogen-bond donors (Lipinski definition) is 4. The van der Waals surface area contributed by atoms with Crippen molar-refractivity contribution >= 4 is 51.8 Å². The third-order valence-corrected chi connectivity index (χ3v) is 10.7. The summed E-state index contributed by atoms with van der Waals surface area (Å²) < 4.78 is 5.30. The Bertz CT molecular complexity index is 700. The molecule has 8 heteroatoms. The summed E-state index contributed by atoms with van der Waals surface area (Å²) in [5.41, 5.74) is 0. The van der Waals surface area contributed by atoms with Crippen LogP contribution in [0.3, 0.4) is 0 Å². The highest BCUT2D eigenvalue weighted by molar-refractivity contribution is 7.80. The molecule has 0 amide bonds. The lowest BCUT2D eigenvalue weighted by Gasteiger charge is -2.15. The summed E-state index contributed by atoms with van der Waals surface area (Å²) in [7, 11) is 0. The van der Waals surface area contributed by atoms with Crippen LogP contribution in [0.2, 0.25) is 0 Å². The van der Waals surface area contributed by atoms with Gasteiger partial charge < -0.3 is 25.2 Å². The van der Waals surface area contributed by atoms with Crippen LogP contribution in [0, 0.1) is 17.8 Å². The molecule has 300 valence electrons. The number of aliphatic hydroxyl groups excluding tert-OH is 4. The Labute approximate surface area is 327 Å². The number of aliphatic hydroxyl groups is 4. The monoisotopic (exact) mass is 765 g/mol. The molecule has 0 saturated heterocycles. The minimum absolute atomic E-state index is 0.0943. The molecule has 0 aliphatic heterocycles. The van der Waals surface area contributed by atoms with E-state index < -0.39 is 6.10 Å². The minimum Gasteiger partial charge on any atom is -0.502 e. The Hall–Kier alpha value is -0.410. The summed E-state index contributed by atoms with van der Waals surface area (Å²) in [6, 6.07) is 0. The summed E-state index contributed by atoms with van der Waals surface area (Å²) in [5.74, 6) is 0.663. The minimum atomic E-state index is -0.830. The standard InChI is InChI=1S/C16H32O3S.2C13H26OS/c1-3-4-5-6-7-8-9-10-11-14(2)16(20)19-13-15(18)12-17;2*1-3-4-5-6-7-8-9-10-11-12(2)13(14)15/h14-15,17-18H,3-13H2,1-2H3;2*12H,3-11H2,1-2H3,(H,14,15). The van der Waals surface area contributed by atoms with Crippen LogP contribution in [0.5, 0.6) is 0 Å². The van der Waals surface area contributed by atoms with Gasteiger partial charge >= 0.3 is 0 Å². The Kier molecular flexibility index (Phi) is 46.4. The van der Waals surface area contributed by atoms with E-state index in [0.29, 0.717) is 5.05 Å². The van der Waals surface area contributed by atoms with E-state index in [2.05, 4.69) is 27.7 Å². The van der Waals surface area contributed by atoms with Gasteiger partial charge in [0.15, 0.2) is 15.2 Å². The van der Waals surface area contributed by atoms with Gasteiger partial charge in [0.05, 0.1) is 6.61 Å². The normalized spacial score (nSPS) is 13.2.